The first-order valence-corrected chi connectivity index (χ1v) is 6.76. The zero-order valence-corrected chi connectivity index (χ0v) is 11.8. The minimum absolute atomic E-state index is 0.774. The van der Waals surface area contributed by atoms with Crippen molar-refractivity contribution in [3.8, 4) is 5.82 Å². The molecule has 0 aliphatic heterocycles. The van der Waals surface area contributed by atoms with E-state index in [0.717, 1.165) is 43.1 Å². The Hall–Kier alpha value is -1.75. The van der Waals surface area contributed by atoms with Gasteiger partial charge in [-0.05, 0) is 45.3 Å². The molecule has 1 N–H and O–H groups in total. The van der Waals surface area contributed by atoms with Crippen molar-refractivity contribution >= 4 is 0 Å². The van der Waals surface area contributed by atoms with Gasteiger partial charge in [-0.1, -0.05) is 6.92 Å². The summed E-state index contributed by atoms with van der Waals surface area (Å²) in [5, 5.41) is 7.99. The van der Waals surface area contributed by atoms with Crippen LogP contribution in [0.1, 0.15) is 30.3 Å². The van der Waals surface area contributed by atoms with Gasteiger partial charge in [0.2, 0.25) is 0 Å². The number of hydrogen-bond acceptors (Lipinski definition) is 4. The molecule has 0 unspecified atom stereocenters. The van der Waals surface area contributed by atoms with E-state index in [4.69, 9.17) is 0 Å². The van der Waals surface area contributed by atoms with Gasteiger partial charge in [0.15, 0.2) is 5.82 Å². The van der Waals surface area contributed by atoms with Crippen LogP contribution in [0.4, 0.5) is 0 Å². The maximum atomic E-state index is 4.57. The Kier molecular flexibility index (Phi) is 4.63. The zero-order valence-electron chi connectivity index (χ0n) is 11.8. The van der Waals surface area contributed by atoms with E-state index in [1.165, 1.54) is 5.56 Å². The summed E-state index contributed by atoms with van der Waals surface area (Å²) in [7, 11) is 0. The average Bonchev–Trinajstić information content (AvgIpc) is 2.72. The molecule has 102 valence electrons. The van der Waals surface area contributed by atoms with Crippen LogP contribution < -0.4 is 5.32 Å². The predicted octanol–water partition coefficient (Wildman–Crippen LogP) is 1.82. The van der Waals surface area contributed by atoms with Crippen LogP contribution in [-0.2, 0) is 6.42 Å². The topological polar surface area (TPSA) is 55.6 Å². The van der Waals surface area contributed by atoms with Crippen molar-refractivity contribution in [3.63, 3.8) is 0 Å². The minimum Gasteiger partial charge on any atom is -0.316 e. The second kappa shape index (κ2) is 6.43. The van der Waals surface area contributed by atoms with Gasteiger partial charge in [-0.25, -0.2) is 9.67 Å². The molecule has 5 heteroatoms. The standard InChI is InChI=1S/C14H21N5/c1-4-6-15-7-5-13-11(2)18-19(12(13)3)14-10-16-8-9-17-14/h8-10,15H,4-7H2,1-3H3. The first-order valence-electron chi connectivity index (χ1n) is 6.76. The Morgan fingerprint density at radius 3 is 2.74 bits per heavy atom. The first kappa shape index (κ1) is 13.7. The van der Waals surface area contributed by atoms with Gasteiger partial charge >= 0.3 is 0 Å². The third-order valence-corrected chi connectivity index (χ3v) is 3.19. The predicted molar refractivity (Wildman–Crippen MR) is 75.5 cm³/mol. The van der Waals surface area contributed by atoms with Crippen LogP contribution in [-0.4, -0.2) is 32.8 Å². The summed E-state index contributed by atoms with van der Waals surface area (Å²) in [5.74, 6) is 0.774. The van der Waals surface area contributed by atoms with Crippen LogP contribution in [0.5, 0.6) is 0 Å². The Morgan fingerprint density at radius 1 is 1.21 bits per heavy atom. The number of aromatic nitrogens is 4. The lowest BCUT2D eigenvalue weighted by Crippen LogP contribution is -2.18. The van der Waals surface area contributed by atoms with Crippen LogP contribution in [0.2, 0.25) is 0 Å². The van der Waals surface area contributed by atoms with Gasteiger partial charge in [0.1, 0.15) is 0 Å². The summed E-state index contributed by atoms with van der Waals surface area (Å²) >= 11 is 0. The number of rotatable bonds is 6. The molecule has 0 atom stereocenters. The van der Waals surface area contributed by atoms with E-state index in [0.29, 0.717) is 0 Å². The molecule has 2 rings (SSSR count). The molecule has 0 saturated heterocycles. The van der Waals surface area contributed by atoms with Crippen LogP contribution in [0, 0.1) is 13.8 Å². The van der Waals surface area contributed by atoms with Crippen molar-refractivity contribution in [2.45, 2.75) is 33.6 Å². The largest absolute Gasteiger partial charge is 0.316 e. The summed E-state index contributed by atoms with van der Waals surface area (Å²) < 4.78 is 1.87. The lowest BCUT2D eigenvalue weighted by molar-refractivity contribution is 0.669. The van der Waals surface area contributed by atoms with E-state index in [1.807, 2.05) is 4.68 Å². The first-order chi connectivity index (χ1) is 9.24. The molecular weight excluding hydrogens is 238 g/mol. The van der Waals surface area contributed by atoms with Gasteiger partial charge in [-0.3, -0.25) is 4.98 Å². The summed E-state index contributed by atoms with van der Waals surface area (Å²) in [4.78, 5) is 8.39. The highest BCUT2D eigenvalue weighted by Crippen LogP contribution is 2.16. The summed E-state index contributed by atoms with van der Waals surface area (Å²) in [6.45, 7) is 8.37. The third kappa shape index (κ3) is 3.17. The quantitative estimate of drug-likeness (QED) is 0.804. The molecule has 0 aromatic carbocycles. The second-order valence-corrected chi connectivity index (χ2v) is 4.62. The van der Waals surface area contributed by atoms with Crippen LogP contribution >= 0.6 is 0 Å². The Balaban J connectivity index is 2.16. The van der Waals surface area contributed by atoms with Gasteiger partial charge in [0.05, 0.1) is 11.9 Å². The highest BCUT2D eigenvalue weighted by Gasteiger charge is 2.12. The highest BCUT2D eigenvalue weighted by molar-refractivity contribution is 5.31. The average molecular weight is 259 g/mol. The van der Waals surface area contributed by atoms with Crippen LogP contribution in [0.25, 0.3) is 5.82 Å². The van der Waals surface area contributed by atoms with Gasteiger partial charge in [-0.2, -0.15) is 5.10 Å². The van der Waals surface area contributed by atoms with Crippen molar-refractivity contribution in [1.29, 1.82) is 0 Å². The zero-order chi connectivity index (χ0) is 13.7. The van der Waals surface area contributed by atoms with Crippen molar-refractivity contribution < 1.29 is 0 Å². The van der Waals surface area contributed by atoms with Crippen molar-refractivity contribution in [2.75, 3.05) is 13.1 Å². The minimum atomic E-state index is 0.774. The second-order valence-electron chi connectivity index (χ2n) is 4.62. The fraction of sp³-hybridized carbons (Fsp3) is 0.500. The van der Waals surface area contributed by atoms with Crippen LogP contribution in [0.15, 0.2) is 18.6 Å². The molecule has 0 fully saturated rings. The van der Waals surface area contributed by atoms with Gasteiger partial charge in [-0.15, -0.1) is 0 Å². The monoisotopic (exact) mass is 259 g/mol. The van der Waals surface area contributed by atoms with Crippen molar-refractivity contribution in [2.24, 2.45) is 0 Å². The third-order valence-electron chi connectivity index (χ3n) is 3.19. The maximum absolute atomic E-state index is 4.57. The molecule has 19 heavy (non-hydrogen) atoms. The molecule has 5 nitrogen and oxygen atoms in total. The number of nitrogens with zero attached hydrogens (tertiary/aromatic N) is 4. The summed E-state index contributed by atoms with van der Waals surface area (Å²) in [6, 6.07) is 0. The molecular formula is C14H21N5. The van der Waals surface area contributed by atoms with Gasteiger partial charge < -0.3 is 5.32 Å². The Labute approximate surface area is 114 Å². The lowest BCUT2D eigenvalue weighted by atomic mass is 10.1. The van der Waals surface area contributed by atoms with Gasteiger partial charge in [0.25, 0.3) is 0 Å². The van der Waals surface area contributed by atoms with E-state index in [1.54, 1.807) is 18.6 Å². The summed E-state index contributed by atoms with van der Waals surface area (Å²) in [6.07, 6.45) is 7.26. The van der Waals surface area contributed by atoms with Crippen molar-refractivity contribution in [3.05, 3.63) is 35.5 Å². The SMILES string of the molecule is CCCNCCc1c(C)nn(-c2cnccn2)c1C. The molecule has 0 aliphatic carbocycles. The van der Waals surface area contributed by atoms with E-state index in [2.05, 4.69) is 41.2 Å². The maximum Gasteiger partial charge on any atom is 0.172 e. The molecule has 2 aromatic heterocycles. The fourth-order valence-electron chi connectivity index (χ4n) is 2.18. The van der Waals surface area contributed by atoms with Gasteiger partial charge in [0, 0.05) is 18.1 Å². The molecule has 0 saturated carbocycles. The Bertz CT molecular complexity index is 518. The molecule has 0 radical (unpaired) electrons. The van der Waals surface area contributed by atoms with E-state index in [-0.39, 0.29) is 0 Å². The smallest absolute Gasteiger partial charge is 0.172 e. The van der Waals surface area contributed by atoms with Crippen LogP contribution in [0.3, 0.4) is 0 Å². The van der Waals surface area contributed by atoms with Crippen molar-refractivity contribution in [1.82, 2.24) is 25.1 Å². The van der Waals surface area contributed by atoms with E-state index >= 15 is 0 Å². The molecule has 0 aliphatic rings. The molecule has 0 amide bonds. The van der Waals surface area contributed by atoms with E-state index < -0.39 is 0 Å². The van der Waals surface area contributed by atoms with E-state index in [9.17, 15) is 0 Å². The molecule has 2 aromatic rings. The number of aryl methyl sites for hydroxylation is 1. The normalized spacial score (nSPS) is 10.9. The molecule has 0 bridgehead atoms. The fourth-order valence-corrected chi connectivity index (χ4v) is 2.18. The number of hydrogen-bond donors (Lipinski definition) is 1. The molecule has 0 spiro atoms. The number of nitrogens with one attached hydrogen (secondary N) is 1. The summed E-state index contributed by atoms with van der Waals surface area (Å²) in [5.41, 5.74) is 3.52. The lowest BCUT2D eigenvalue weighted by Gasteiger charge is -2.05. The Morgan fingerprint density at radius 2 is 2.05 bits per heavy atom. The molecule has 2 heterocycles. The highest BCUT2D eigenvalue weighted by atomic mass is 15.3.